The number of carbonyl (C=O) groups excluding carboxylic acids is 1. The summed E-state index contributed by atoms with van der Waals surface area (Å²) < 4.78 is 28.8. The minimum atomic E-state index is -3.73. The highest BCUT2D eigenvalue weighted by Gasteiger charge is 2.29. The Morgan fingerprint density at radius 2 is 1.93 bits per heavy atom. The molecule has 1 fully saturated rings. The molecule has 1 aromatic carbocycles. The Kier molecular flexibility index (Phi) is 5.05. The van der Waals surface area contributed by atoms with Crippen LogP contribution in [0.15, 0.2) is 35.4 Å². The molecule has 1 saturated heterocycles. The van der Waals surface area contributed by atoms with Gasteiger partial charge in [0, 0.05) is 31.1 Å². The monoisotopic (exact) mass is 433 g/mol. The van der Waals surface area contributed by atoms with Crippen LogP contribution in [-0.4, -0.2) is 46.5 Å². The Bertz CT molecular complexity index is 1220. The minimum absolute atomic E-state index is 0.0506. The summed E-state index contributed by atoms with van der Waals surface area (Å²) in [5, 5.41) is 8.01. The molecule has 1 amide bonds. The molecule has 0 unspecified atom stereocenters. The number of rotatable bonds is 4. The summed E-state index contributed by atoms with van der Waals surface area (Å²) in [7, 11) is -1.93. The van der Waals surface area contributed by atoms with Crippen molar-refractivity contribution in [3.8, 4) is 0 Å². The van der Waals surface area contributed by atoms with Gasteiger partial charge in [-0.2, -0.15) is 9.40 Å². The normalized spacial score (nSPS) is 15.1. The molecule has 0 bridgehead atoms. The van der Waals surface area contributed by atoms with Crippen LogP contribution < -0.4 is 5.32 Å². The van der Waals surface area contributed by atoms with Crippen LogP contribution in [0.2, 0.25) is 5.02 Å². The van der Waals surface area contributed by atoms with Crippen molar-refractivity contribution in [1.29, 1.82) is 0 Å². The molecule has 2 aromatic heterocycles. The Morgan fingerprint density at radius 1 is 1.21 bits per heavy atom. The zero-order valence-electron chi connectivity index (χ0n) is 16.0. The van der Waals surface area contributed by atoms with Crippen LogP contribution in [0.3, 0.4) is 0 Å². The van der Waals surface area contributed by atoms with Crippen molar-refractivity contribution in [1.82, 2.24) is 19.1 Å². The number of aromatic nitrogens is 3. The van der Waals surface area contributed by atoms with E-state index in [9.17, 15) is 13.2 Å². The second kappa shape index (κ2) is 7.40. The number of nitrogens with one attached hydrogen (secondary N) is 1. The van der Waals surface area contributed by atoms with E-state index in [-0.39, 0.29) is 15.5 Å². The van der Waals surface area contributed by atoms with Gasteiger partial charge >= 0.3 is 0 Å². The summed E-state index contributed by atoms with van der Waals surface area (Å²) in [5.74, 6) is -0.442. The quantitative estimate of drug-likeness (QED) is 0.682. The molecule has 152 valence electrons. The number of hydrogen-bond donors (Lipinski definition) is 1. The van der Waals surface area contributed by atoms with Crippen molar-refractivity contribution in [3.63, 3.8) is 0 Å². The van der Waals surface area contributed by atoms with Crippen LogP contribution in [0.4, 0.5) is 5.69 Å². The van der Waals surface area contributed by atoms with Gasteiger partial charge in [0.2, 0.25) is 10.0 Å². The molecule has 4 rings (SSSR count). The number of sulfonamides is 1. The van der Waals surface area contributed by atoms with Gasteiger partial charge in [0.05, 0.1) is 22.6 Å². The van der Waals surface area contributed by atoms with E-state index in [1.54, 1.807) is 24.0 Å². The molecular weight excluding hydrogens is 414 g/mol. The second-order valence-corrected chi connectivity index (χ2v) is 9.33. The fourth-order valence-electron chi connectivity index (χ4n) is 3.49. The molecule has 3 heterocycles. The molecular formula is C19H20ClN5O3S. The first-order valence-electron chi connectivity index (χ1n) is 9.18. The molecule has 29 heavy (non-hydrogen) atoms. The topological polar surface area (TPSA) is 97.2 Å². The standard InChI is InChI=1S/C19H20ClN5O3S/c1-12-15-10-14(11-21-18(15)24(2)23-12)22-19(26)13-5-6-16(20)17(9-13)29(27,28)25-7-3-4-8-25/h5-6,9-11H,3-4,7-8H2,1-2H3,(H,22,26). The van der Waals surface area contributed by atoms with Crippen LogP contribution in [0, 0.1) is 6.92 Å². The predicted octanol–water partition coefficient (Wildman–Crippen LogP) is 2.97. The number of amides is 1. The van der Waals surface area contributed by atoms with Crippen LogP contribution in [0.25, 0.3) is 11.0 Å². The van der Waals surface area contributed by atoms with E-state index in [1.807, 2.05) is 6.92 Å². The van der Waals surface area contributed by atoms with Crippen molar-refractivity contribution in [2.45, 2.75) is 24.7 Å². The van der Waals surface area contributed by atoms with Gasteiger partial charge < -0.3 is 5.32 Å². The minimum Gasteiger partial charge on any atom is -0.321 e. The largest absolute Gasteiger partial charge is 0.321 e. The second-order valence-electron chi connectivity index (χ2n) is 7.01. The van der Waals surface area contributed by atoms with E-state index in [2.05, 4.69) is 15.4 Å². The van der Waals surface area contributed by atoms with E-state index in [0.29, 0.717) is 24.4 Å². The zero-order valence-corrected chi connectivity index (χ0v) is 17.6. The first kappa shape index (κ1) is 19.8. The highest BCUT2D eigenvalue weighted by molar-refractivity contribution is 7.89. The maximum Gasteiger partial charge on any atom is 0.255 e. The first-order valence-corrected chi connectivity index (χ1v) is 11.0. The Morgan fingerprint density at radius 3 is 2.66 bits per heavy atom. The van der Waals surface area contributed by atoms with Crippen molar-refractivity contribution in [3.05, 3.63) is 46.7 Å². The number of anilines is 1. The highest BCUT2D eigenvalue weighted by atomic mass is 35.5. The fraction of sp³-hybridized carbons (Fsp3) is 0.316. The molecule has 0 aliphatic carbocycles. The van der Waals surface area contributed by atoms with Crippen molar-refractivity contribution >= 4 is 44.3 Å². The van der Waals surface area contributed by atoms with E-state index in [4.69, 9.17) is 11.6 Å². The van der Waals surface area contributed by atoms with E-state index in [1.165, 1.54) is 22.5 Å². The van der Waals surface area contributed by atoms with Gasteiger partial charge in [-0.25, -0.2) is 13.4 Å². The SMILES string of the molecule is Cc1nn(C)c2ncc(NC(=O)c3ccc(Cl)c(S(=O)(=O)N4CCCC4)c3)cc12. The number of pyridine rings is 1. The summed E-state index contributed by atoms with van der Waals surface area (Å²) in [4.78, 5) is 17.0. The lowest BCUT2D eigenvalue weighted by molar-refractivity contribution is 0.102. The fourth-order valence-corrected chi connectivity index (χ4v) is 5.51. The summed E-state index contributed by atoms with van der Waals surface area (Å²) in [6, 6.07) is 6.06. The van der Waals surface area contributed by atoms with Crippen LogP contribution >= 0.6 is 11.6 Å². The van der Waals surface area contributed by atoms with Crippen LogP contribution in [-0.2, 0) is 17.1 Å². The Balaban J connectivity index is 1.63. The van der Waals surface area contributed by atoms with Gasteiger partial charge in [-0.1, -0.05) is 11.6 Å². The molecule has 0 atom stereocenters. The number of fused-ring (bicyclic) bond motifs is 1. The van der Waals surface area contributed by atoms with E-state index >= 15 is 0 Å². The summed E-state index contributed by atoms with van der Waals surface area (Å²) >= 11 is 6.15. The lowest BCUT2D eigenvalue weighted by Crippen LogP contribution is -2.28. The maximum atomic E-state index is 12.9. The van der Waals surface area contributed by atoms with Gasteiger partial charge in [0.1, 0.15) is 4.90 Å². The molecule has 1 aliphatic rings. The number of carbonyl (C=O) groups is 1. The van der Waals surface area contributed by atoms with Crippen molar-refractivity contribution in [2.75, 3.05) is 18.4 Å². The number of benzene rings is 1. The number of aryl methyl sites for hydroxylation is 2. The lowest BCUT2D eigenvalue weighted by Gasteiger charge is -2.17. The number of halogens is 1. The highest BCUT2D eigenvalue weighted by Crippen LogP contribution is 2.28. The molecule has 0 radical (unpaired) electrons. The Hall–Kier alpha value is -2.49. The van der Waals surface area contributed by atoms with Gasteiger partial charge in [0.25, 0.3) is 5.91 Å². The number of nitrogens with zero attached hydrogens (tertiary/aromatic N) is 4. The van der Waals surface area contributed by atoms with Gasteiger partial charge in [-0.15, -0.1) is 0 Å². The summed E-state index contributed by atoms with van der Waals surface area (Å²) in [6.07, 6.45) is 3.18. The van der Waals surface area contributed by atoms with Crippen molar-refractivity contribution < 1.29 is 13.2 Å². The molecule has 0 spiro atoms. The lowest BCUT2D eigenvalue weighted by atomic mass is 10.2. The van der Waals surface area contributed by atoms with E-state index in [0.717, 1.165) is 23.9 Å². The Labute approximate surface area is 173 Å². The molecule has 0 saturated carbocycles. The van der Waals surface area contributed by atoms with Gasteiger partial charge in [-0.05, 0) is 44.0 Å². The third-order valence-electron chi connectivity index (χ3n) is 5.00. The molecule has 10 heteroatoms. The average molecular weight is 434 g/mol. The van der Waals surface area contributed by atoms with Crippen LogP contribution in [0.5, 0.6) is 0 Å². The first-order chi connectivity index (χ1) is 13.8. The summed E-state index contributed by atoms with van der Waals surface area (Å²) in [6.45, 7) is 2.79. The van der Waals surface area contributed by atoms with Gasteiger partial charge in [0.15, 0.2) is 5.65 Å². The molecule has 1 N–H and O–H groups in total. The summed E-state index contributed by atoms with van der Waals surface area (Å²) in [5.41, 5.74) is 2.22. The molecule has 3 aromatic rings. The predicted molar refractivity (Wildman–Crippen MR) is 111 cm³/mol. The van der Waals surface area contributed by atoms with Crippen LogP contribution in [0.1, 0.15) is 28.9 Å². The number of hydrogen-bond acceptors (Lipinski definition) is 5. The third kappa shape index (κ3) is 3.61. The zero-order chi connectivity index (χ0) is 20.8. The maximum absolute atomic E-state index is 12.9. The molecule has 8 nitrogen and oxygen atoms in total. The van der Waals surface area contributed by atoms with Gasteiger partial charge in [-0.3, -0.25) is 9.48 Å². The molecule has 1 aliphatic heterocycles. The average Bonchev–Trinajstić information content (AvgIpc) is 3.31. The smallest absolute Gasteiger partial charge is 0.255 e. The van der Waals surface area contributed by atoms with E-state index < -0.39 is 15.9 Å². The van der Waals surface area contributed by atoms with Crippen molar-refractivity contribution in [2.24, 2.45) is 7.05 Å². The third-order valence-corrected chi connectivity index (χ3v) is 7.38.